The molecule has 0 aliphatic carbocycles. The summed E-state index contributed by atoms with van der Waals surface area (Å²) in [7, 11) is 0. The van der Waals surface area contributed by atoms with E-state index in [1.807, 2.05) is 36.4 Å². The summed E-state index contributed by atoms with van der Waals surface area (Å²) in [4.78, 5) is 18.7. The van der Waals surface area contributed by atoms with E-state index < -0.39 is 12.0 Å². The van der Waals surface area contributed by atoms with Crippen LogP contribution >= 0.6 is 0 Å². The fourth-order valence-electron chi connectivity index (χ4n) is 2.61. The van der Waals surface area contributed by atoms with E-state index in [-0.39, 0.29) is 41.5 Å². The molecule has 0 amide bonds. The van der Waals surface area contributed by atoms with Crippen molar-refractivity contribution in [3.8, 4) is 11.5 Å². The van der Waals surface area contributed by atoms with Crippen LogP contribution in [0.5, 0.6) is 11.5 Å². The molecule has 34 heavy (non-hydrogen) atoms. The molecule has 0 unspecified atom stereocenters. The second kappa shape index (κ2) is 16.9. The number of aliphatic carboxylic acids is 1. The van der Waals surface area contributed by atoms with Crippen LogP contribution in [-0.2, 0) is 34.8 Å². The number of pyridine rings is 2. The summed E-state index contributed by atoms with van der Waals surface area (Å²) in [6.45, 7) is 0.163. The maximum Gasteiger partial charge on any atom is 2.00 e. The molecule has 179 valence electrons. The van der Waals surface area contributed by atoms with Crippen LogP contribution in [0.15, 0.2) is 110 Å². The molecule has 0 saturated heterocycles. The average molecular weight is 507 g/mol. The Morgan fingerprint density at radius 3 is 1.76 bits per heavy atom. The van der Waals surface area contributed by atoms with Gasteiger partial charge in [-0.1, -0.05) is 48.5 Å². The van der Waals surface area contributed by atoms with Gasteiger partial charge in [-0.15, -0.1) is 5.75 Å². The smallest absolute Gasteiger partial charge is 0.872 e. The Bertz CT molecular complexity index is 967. The average Bonchev–Trinajstić information content (AvgIpc) is 2.86. The largest absolute Gasteiger partial charge is 2.00 e. The van der Waals surface area contributed by atoms with Gasteiger partial charge in [-0.2, -0.15) is 0 Å². The summed E-state index contributed by atoms with van der Waals surface area (Å²) in [5, 5.41) is 34.8. The van der Waals surface area contributed by atoms with Gasteiger partial charge in [0.1, 0.15) is 5.75 Å². The minimum absolute atomic E-state index is 0. The van der Waals surface area contributed by atoms with Gasteiger partial charge in [0.15, 0.2) is 0 Å². The normalized spacial score (nSPS) is 10.2. The molecule has 2 aromatic heterocycles. The van der Waals surface area contributed by atoms with Gasteiger partial charge in [-0.3, -0.25) is 9.97 Å². The Balaban J connectivity index is 0.000000361. The molecule has 0 spiro atoms. The Morgan fingerprint density at radius 2 is 1.35 bits per heavy atom. The Kier molecular flexibility index (Phi) is 14.0. The van der Waals surface area contributed by atoms with E-state index in [0.717, 1.165) is 5.56 Å². The number of para-hydroxylation sites is 1. The molecule has 2 aromatic carbocycles. The van der Waals surface area contributed by atoms with E-state index in [4.69, 9.17) is 0 Å². The number of benzene rings is 2. The van der Waals surface area contributed by atoms with Crippen LogP contribution in [-0.4, -0.2) is 27.1 Å². The molecule has 8 heteroatoms. The SMILES string of the molecule is O=C([O-])[C@H](Cc1ccc(O)cc1)NCc1ccccc1[O-].[Cu+2].c1ccncc1.c1ccncc1. The standard InChI is InChI=1S/C16H17NO4.2C5H5N.Cu/c18-13-7-5-11(6-8-13)9-14(16(20)21)17-10-12-3-1-2-4-15(12)19;2*1-2-4-6-5-3-1;/h1-8,14,17-19H,9-10H2,(H,20,21);2*1-5H;/q;;;+2/p-2/t14-;;;/m0.../s1. The van der Waals surface area contributed by atoms with Crippen molar-refractivity contribution in [3.63, 3.8) is 0 Å². The van der Waals surface area contributed by atoms with E-state index in [9.17, 15) is 20.1 Å². The fraction of sp³-hybridized carbons (Fsp3) is 0.115. The summed E-state index contributed by atoms with van der Waals surface area (Å²) in [5.74, 6) is -1.24. The first-order valence-corrected chi connectivity index (χ1v) is 10.2. The van der Waals surface area contributed by atoms with Crippen LogP contribution in [0.1, 0.15) is 11.1 Å². The molecule has 0 aliphatic heterocycles. The van der Waals surface area contributed by atoms with E-state index in [2.05, 4.69) is 15.3 Å². The first-order valence-electron chi connectivity index (χ1n) is 10.2. The molecule has 0 aliphatic rings. The van der Waals surface area contributed by atoms with Gasteiger partial charge in [0, 0.05) is 31.3 Å². The number of nitrogens with one attached hydrogen (secondary N) is 1. The molecule has 2 N–H and O–H groups in total. The summed E-state index contributed by atoms with van der Waals surface area (Å²) < 4.78 is 0. The van der Waals surface area contributed by atoms with Crippen LogP contribution in [0.3, 0.4) is 0 Å². The number of aromatic nitrogens is 2. The predicted molar refractivity (Wildman–Crippen MR) is 122 cm³/mol. The van der Waals surface area contributed by atoms with Crippen molar-refractivity contribution in [2.45, 2.75) is 19.0 Å². The Labute approximate surface area is 209 Å². The van der Waals surface area contributed by atoms with Gasteiger partial charge in [0.2, 0.25) is 0 Å². The van der Waals surface area contributed by atoms with Crippen molar-refractivity contribution in [1.29, 1.82) is 0 Å². The van der Waals surface area contributed by atoms with Gasteiger partial charge in [0.05, 0.1) is 12.0 Å². The number of phenolic OH excluding ortho intramolecular Hbond substituents is 1. The molecule has 1 radical (unpaired) electrons. The zero-order valence-electron chi connectivity index (χ0n) is 18.3. The maximum atomic E-state index is 11.6. The fourth-order valence-corrected chi connectivity index (χ4v) is 2.61. The van der Waals surface area contributed by atoms with Crippen molar-refractivity contribution in [2.75, 3.05) is 0 Å². The zero-order chi connectivity index (χ0) is 23.7. The number of carboxylic acids is 1. The van der Waals surface area contributed by atoms with E-state index in [1.165, 1.54) is 18.2 Å². The summed E-state index contributed by atoms with van der Waals surface area (Å²) in [5.41, 5.74) is 1.26. The third-order valence-corrected chi connectivity index (χ3v) is 4.31. The first kappa shape index (κ1) is 28.3. The van der Waals surface area contributed by atoms with Gasteiger partial charge >= 0.3 is 17.1 Å². The van der Waals surface area contributed by atoms with Gasteiger partial charge in [0.25, 0.3) is 0 Å². The molecule has 0 bridgehead atoms. The Hall–Kier alpha value is -3.71. The molecule has 0 fully saturated rings. The summed E-state index contributed by atoms with van der Waals surface area (Å²) in [6, 6.07) is 23.3. The van der Waals surface area contributed by atoms with Crippen molar-refractivity contribution in [2.24, 2.45) is 0 Å². The molecule has 1 atom stereocenters. The topological polar surface area (TPSA) is 121 Å². The van der Waals surface area contributed by atoms with Crippen molar-refractivity contribution < 1.29 is 37.2 Å². The number of carboxylic acid groups (broad SMARTS) is 1. The minimum Gasteiger partial charge on any atom is -0.872 e. The number of nitrogens with zero attached hydrogens (tertiary/aromatic N) is 2. The quantitative estimate of drug-likeness (QED) is 0.384. The van der Waals surface area contributed by atoms with Gasteiger partial charge in [-0.25, -0.2) is 0 Å². The maximum absolute atomic E-state index is 11.6. The summed E-state index contributed by atoms with van der Waals surface area (Å²) in [6.07, 6.45) is 7.21. The molecule has 4 aromatic rings. The zero-order valence-corrected chi connectivity index (χ0v) is 19.2. The van der Waals surface area contributed by atoms with Crippen molar-refractivity contribution >= 4 is 5.97 Å². The number of rotatable bonds is 6. The number of hydrogen-bond donors (Lipinski definition) is 2. The Morgan fingerprint density at radius 1 is 0.824 bits per heavy atom. The second-order valence-electron chi connectivity index (χ2n) is 6.78. The van der Waals surface area contributed by atoms with Crippen LogP contribution in [0.25, 0.3) is 0 Å². The third-order valence-electron chi connectivity index (χ3n) is 4.31. The number of phenols is 1. The van der Waals surface area contributed by atoms with Crippen LogP contribution in [0, 0.1) is 0 Å². The molecular formula is C26H25CuN3O4. The number of carbonyl (C=O) groups excluding carboxylic acids is 1. The first-order chi connectivity index (χ1) is 16.1. The second-order valence-corrected chi connectivity index (χ2v) is 6.78. The number of aromatic hydroxyl groups is 1. The van der Waals surface area contributed by atoms with E-state index in [1.54, 1.807) is 55.1 Å². The van der Waals surface area contributed by atoms with Gasteiger partial charge < -0.3 is 25.4 Å². The van der Waals surface area contributed by atoms with Crippen LogP contribution in [0.2, 0.25) is 0 Å². The van der Waals surface area contributed by atoms with Crippen LogP contribution < -0.4 is 15.5 Å². The molecular weight excluding hydrogens is 482 g/mol. The van der Waals surface area contributed by atoms with E-state index in [0.29, 0.717) is 5.56 Å². The van der Waals surface area contributed by atoms with Crippen molar-refractivity contribution in [1.82, 2.24) is 15.3 Å². The number of hydrogen-bond acceptors (Lipinski definition) is 7. The minimum atomic E-state index is -1.23. The molecule has 4 rings (SSSR count). The monoisotopic (exact) mass is 506 g/mol. The molecule has 0 saturated carbocycles. The third kappa shape index (κ3) is 11.8. The van der Waals surface area contributed by atoms with Gasteiger partial charge in [-0.05, 0) is 53.9 Å². The van der Waals surface area contributed by atoms with Crippen molar-refractivity contribution in [3.05, 3.63) is 121 Å². The molecule has 7 nitrogen and oxygen atoms in total. The molecule has 2 heterocycles. The van der Waals surface area contributed by atoms with Crippen LogP contribution in [0.4, 0.5) is 0 Å². The predicted octanol–water partition coefficient (Wildman–Crippen LogP) is 2.08. The number of carbonyl (C=O) groups is 1. The van der Waals surface area contributed by atoms with E-state index >= 15 is 0 Å². The summed E-state index contributed by atoms with van der Waals surface area (Å²) >= 11 is 0.